The molecule has 1 saturated heterocycles. The minimum Gasteiger partial charge on any atom is -0.493 e. The number of hydrogen-bond acceptors (Lipinski definition) is 4. The number of aryl methyl sites for hydroxylation is 1. The molecule has 1 fully saturated rings. The first-order valence-corrected chi connectivity index (χ1v) is 10.5. The fourth-order valence-electron chi connectivity index (χ4n) is 3.76. The van der Waals surface area contributed by atoms with E-state index in [9.17, 15) is 4.79 Å². The molecule has 1 amide bonds. The highest BCUT2D eigenvalue weighted by Gasteiger charge is 2.20. The van der Waals surface area contributed by atoms with Gasteiger partial charge in [0.1, 0.15) is 0 Å². The molecular weight excluding hydrogens is 400 g/mol. The minimum absolute atomic E-state index is 0.0990. The Morgan fingerprint density at radius 2 is 1.97 bits per heavy atom. The molecule has 160 valence electrons. The number of benzene rings is 2. The minimum atomic E-state index is -0.0990. The first-order valence-electron chi connectivity index (χ1n) is 10.2. The predicted octanol–water partition coefficient (Wildman–Crippen LogP) is 4.46. The number of carbonyl (C=O) groups is 1. The third kappa shape index (κ3) is 6.00. The SMILES string of the molecule is COc1cc(C=CC(=O)NC2CCN(Cc3cccc(C)c3)CC2)cc(Cl)c1OC. The number of methoxy groups -OCH3 is 2. The lowest BCUT2D eigenvalue weighted by molar-refractivity contribution is -0.117. The van der Waals surface area contributed by atoms with Crippen molar-refractivity contribution in [1.82, 2.24) is 10.2 Å². The number of carbonyl (C=O) groups excluding carboxylic acids is 1. The van der Waals surface area contributed by atoms with Crippen molar-refractivity contribution in [2.45, 2.75) is 32.4 Å². The molecule has 0 unspecified atom stereocenters. The number of hydrogen-bond donors (Lipinski definition) is 1. The Bertz CT molecular complexity index is 905. The third-order valence-corrected chi connectivity index (χ3v) is 5.59. The van der Waals surface area contributed by atoms with Gasteiger partial charge in [-0.3, -0.25) is 9.69 Å². The Labute approximate surface area is 183 Å². The van der Waals surface area contributed by atoms with E-state index in [4.69, 9.17) is 21.1 Å². The van der Waals surface area contributed by atoms with Gasteiger partial charge in [0.2, 0.25) is 5.91 Å². The van der Waals surface area contributed by atoms with Crippen LogP contribution in [0, 0.1) is 6.92 Å². The van der Waals surface area contributed by atoms with E-state index in [0.29, 0.717) is 16.5 Å². The summed E-state index contributed by atoms with van der Waals surface area (Å²) in [4.78, 5) is 14.8. The lowest BCUT2D eigenvalue weighted by Crippen LogP contribution is -2.43. The maximum atomic E-state index is 12.4. The van der Waals surface area contributed by atoms with Crippen molar-refractivity contribution in [3.05, 3.63) is 64.2 Å². The molecule has 0 bridgehead atoms. The number of nitrogens with one attached hydrogen (secondary N) is 1. The van der Waals surface area contributed by atoms with Gasteiger partial charge in [0.25, 0.3) is 0 Å². The summed E-state index contributed by atoms with van der Waals surface area (Å²) >= 11 is 6.22. The van der Waals surface area contributed by atoms with Crippen LogP contribution in [0.2, 0.25) is 5.02 Å². The van der Waals surface area contributed by atoms with Gasteiger partial charge >= 0.3 is 0 Å². The van der Waals surface area contributed by atoms with Crippen LogP contribution in [0.15, 0.2) is 42.5 Å². The van der Waals surface area contributed by atoms with Gasteiger partial charge < -0.3 is 14.8 Å². The predicted molar refractivity (Wildman–Crippen MR) is 121 cm³/mol. The molecule has 1 aliphatic heterocycles. The number of piperidine rings is 1. The average molecular weight is 429 g/mol. The molecule has 5 nitrogen and oxygen atoms in total. The van der Waals surface area contributed by atoms with E-state index in [1.54, 1.807) is 32.4 Å². The zero-order valence-corrected chi connectivity index (χ0v) is 18.5. The second-order valence-corrected chi connectivity index (χ2v) is 8.03. The Hall–Kier alpha value is -2.50. The van der Waals surface area contributed by atoms with Crippen molar-refractivity contribution >= 4 is 23.6 Å². The molecule has 3 rings (SSSR count). The number of nitrogens with zero attached hydrogens (tertiary/aromatic N) is 1. The van der Waals surface area contributed by atoms with Crippen LogP contribution in [-0.4, -0.2) is 44.2 Å². The molecule has 0 radical (unpaired) electrons. The highest BCUT2D eigenvalue weighted by Crippen LogP contribution is 2.36. The van der Waals surface area contributed by atoms with Crippen LogP contribution in [0.5, 0.6) is 11.5 Å². The van der Waals surface area contributed by atoms with Gasteiger partial charge in [0, 0.05) is 31.8 Å². The summed E-state index contributed by atoms with van der Waals surface area (Å²) in [6.45, 7) is 5.04. The van der Waals surface area contributed by atoms with Crippen LogP contribution in [0.4, 0.5) is 0 Å². The maximum absolute atomic E-state index is 12.4. The zero-order chi connectivity index (χ0) is 21.5. The van der Waals surface area contributed by atoms with Gasteiger partial charge in [0.05, 0.1) is 19.2 Å². The summed E-state index contributed by atoms with van der Waals surface area (Å²) in [5.74, 6) is 0.919. The first kappa shape index (κ1) is 22.2. The largest absolute Gasteiger partial charge is 0.493 e. The van der Waals surface area contributed by atoms with Crippen molar-refractivity contribution < 1.29 is 14.3 Å². The monoisotopic (exact) mass is 428 g/mol. The van der Waals surface area contributed by atoms with E-state index >= 15 is 0 Å². The van der Waals surface area contributed by atoms with Crippen LogP contribution in [-0.2, 0) is 11.3 Å². The molecule has 2 aromatic rings. The summed E-state index contributed by atoms with van der Waals surface area (Å²) in [7, 11) is 3.10. The van der Waals surface area contributed by atoms with Gasteiger partial charge in [-0.25, -0.2) is 0 Å². The van der Waals surface area contributed by atoms with Gasteiger partial charge in [-0.2, -0.15) is 0 Å². The van der Waals surface area contributed by atoms with Crippen LogP contribution in [0.1, 0.15) is 29.5 Å². The highest BCUT2D eigenvalue weighted by atomic mass is 35.5. The van der Waals surface area contributed by atoms with Crippen molar-refractivity contribution in [2.75, 3.05) is 27.3 Å². The number of halogens is 1. The highest BCUT2D eigenvalue weighted by molar-refractivity contribution is 6.32. The molecule has 1 aliphatic rings. The van der Waals surface area contributed by atoms with E-state index in [-0.39, 0.29) is 11.9 Å². The Kier molecular flexibility index (Phi) is 7.77. The van der Waals surface area contributed by atoms with Crippen molar-refractivity contribution in [1.29, 1.82) is 0 Å². The molecule has 0 spiro atoms. The molecule has 1 N–H and O–H groups in total. The van der Waals surface area contributed by atoms with Crippen molar-refractivity contribution in [3.63, 3.8) is 0 Å². The van der Waals surface area contributed by atoms with Gasteiger partial charge in [0.15, 0.2) is 11.5 Å². The summed E-state index contributed by atoms with van der Waals surface area (Å²) in [5, 5.41) is 3.55. The van der Waals surface area contributed by atoms with E-state index < -0.39 is 0 Å². The van der Waals surface area contributed by atoms with E-state index in [2.05, 4.69) is 41.4 Å². The molecule has 0 aliphatic carbocycles. The van der Waals surface area contributed by atoms with Crippen LogP contribution in [0.3, 0.4) is 0 Å². The topological polar surface area (TPSA) is 50.8 Å². The third-order valence-electron chi connectivity index (χ3n) is 5.31. The Balaban J connectivity index is 1.49. The average Bonchev–Trinajstić information content (AvgIpc) is 2.73. The van der Waals surface area contributed by atoms with E-state index in [1.165, 1.54) is 17.2 Å². The summed E-state index contributed by atoms with van der Waals surface area (Å²) in [6, 6.07) is 12.4. The summed E-state index contributed by atoms with van der Waals surface area (Å²) < 4.78 is 10.5. The second-order valence-electron chi connectivity index (χ2n) is 7.62. The lowest BCUT2D eigenvalue weighted by Gasteiger charge is -2.32. The zero-order valence-electron chi connectivity index (χ0n) is 17.8. The quantitative estimate of drug-likeness (QED) is 0.661. The molecule has 0 atom stereocenters. The van der Waals surface area contributed by atoms with Crippen LogP contribution >= 0.6 is 11.6 Å². The smallest absolute Gasteiger partial charge is 0.244 e. The van der Waals surface area contributed by atoms with Crippen LogP contribution in [0.25, 0.3) is 6.08 Å². The second kappa shape index (κ2) is 10.5. The van der Waals surface area contributed by atoms with E-state index in [1.807, 2.05) is 0 Å². The van der Waals surface area contributed by atoms with Gasteiger partial charge in [-0.15, -0.1) is 0 Å². The molecule has 1 heterocycles. The number of amides is 1. The lowest BCUT2D eigenvalue weighted by atomic mass is 10.0. The van der Waals surface area contributed by atoms with E-state index in [0.717, 1.165) is 38.0 Å². The Morgan fingerprint density at radius 1 is 1.20 bits per heavy atom. The van der Waals surface area contributed by atoms with Crippen molar-refractivity contribution in [3.8, 4) is 11.5 Å². The standard InChI is InChI=1S/C24H29ClN2O3/c1-17-5-4-6-19(13-17)16-27-11-9-20(10-12-27)26-23(28)8-7-18-14-21(25)24(30-3)22(15-18)29-2/h4-8,13-15,20H,9-12,16H2,1-3H3,(H,26,28). The first-order chi connectivity index (χ1) is 14.5. The van der Waals surface area contributed by atoms with Crippen LogP contribution < -0.4 is 14.8 Å². The van der Waals surface area contributed by atoms with Gasteiger partial charge in [-0.05, 0) is 49.1 Å². The van der Waals surface area contributed by atoms with Crippen molar-refractivity contribution in [2.24, 2.45) is 0 Å². The molecule has 6 heteroatoms. The summed E-state index contributed by atoms with van der Waals surface area (Å²) in [5.41, 5.74) is 3.41. The molecular formula is C24H29ClN2O3. The molecule has 0 saturated carbocycles. The molecule has 0 aromatic heterocycles. The molecule has 30 heavy (non-hydrogen) atoms. The Morgan fingerprint density at radius 3 is 2.63 bits per heavy atom. The fourth-order valence-corrected chi connectivity index (χ4v) is 4.06. The normalized spacial score (nSPS) is 15.3. The molecule has 2 aromatic carbocycles. The fraction of sp³-hybridized carbons (Fsp3) is 0.375. The number of likely N-dealkylation sites (tertiary alicyclic amines) is 1. The number of rotatable bonds is 7. The number of ether oxygens (including phenoxy) is 2. The maximum Gasteiger partial charge on any atom is 0.244 e. The summed E-state index contributed by atoms with van der Waals surface area (Å²) in [6.07, 6.45) is 5.17. The van der Waals surface area contributed by atoms with Gasteiger partial charge in [-0.1, -0.05) is 41.4 Å².